The fourth-order valence-electron chi connectivity index (χ4n) is 2.25. The van der Waals surface area contributed by atoms with Gasteiger partial charge in [0.1, 0.15) is 0 Å². The summed E-state index contributed by atoms with van der Waals surface area (Å²) in [4.78, 5) is 13.4. The van der Waals surface area contributed by atoms with Gasteiger partial charge in [0, 0.05) is 13.1 Å². The maximum absolute atomic E-state index is 11.8. The summed E-state index contributed by atoms with van der Waals surface area (Å²) < 4.78 is 0. The molecule has 1 saturated carbocycles. The first-order chi connectivity index (χ1) is 7.16. The number of likely N-dealkylation sites (tertiary alicyclic amines) is 1. The lowest BCUT2D eigenvalue weighted by Gasteiger charge is -2.20. The van der Waals surface area contributed by atoms with Crippen LogP contribution in [0.5, 0.6) is 0 Å². The minimum absolute atomic E-state index is 0.0559. The van der Waals surface area contributed by atoms with Crippen LogP contribution in [0.15, 0.2) is 12.2 Å². The van der Waals surface area contributed by atoms with Gasteiger partial charge in [-0.05, 0) is 25.7 Å². The molecule has 1 aliphatic carbocycles. The van der Waals surface area contributed by atoms with Gasteiger partial charge < -0.3 is 15.3 Å². The molecule has 2 amide bonds. The third kappa shape index (κ3) is 2.31. The van der Waals surface area contributed by atoms with Crippen molar-refractivity contribution in [3.8, 4) is 0 Å². The molecular weight excluding hydrogens is 192 g/mol. The Morgan fingerprint density at radius 3 is 2.87 bits per heavy atom. The molecular formula is C11H18N2O2. The highest BCUT2D eigenvalue weighted by Gasteiger charge is 2.27. The van der Waals surface area contributed by atoms with Gasteiger partial charge in [-0.25, -0.2) is 4.79 Å². The van der Waals surface area contributed by atoms with Crippen LogP contribution in [0.25, 0.3) is 0 Å². The first-order valence-electron chi connectivity index (χ1n) is 5.58. The molecule has 0 spiro atoms. The topological polar surface area (TPSA) is 52.6 Å². The second-order valence-corrected chi connectivity index (χ2v) is 4.44. The largest absolute Gasteiger partial charge is 0.391 e. The lowest BCUT2D eigenvalue weighted by atomic mass is 10.2. The van der Waals surface area contributed by atoms with E-state index < -0.39 is 0 Å². The molecule has 0 aromatic carbocycles. The standard InChI is InChI=1S/C11H18N2O2/c1-8-3-2-4-10(8)12-11(15)13-6-5-9(14)7-13/h9-10,14H,1-7H2,(H,12,15)/t9-,10-/m0/s1. The van der Waals surface area contributed by atoms with Gasteiger partial charge in [-0.3, -0.25) is 0 Å². The van der Waals surface area contributed by atoms with E-state index in [1.54, 1.807) is 4.90 Å². The first-order valence-corrected chi connectivity index (χ1v) is 5.58. The van der Waals surface area contributed by atoms with Crippen LogP contribution < -0.4 is 5.32 Å². The van der Waals surface area contributed by atoms with E-state index >= 15 is 0 Å². The van der Waals surface area contributed by atoms with Crippen LogP contribution in [-0.2, 0) is 0 Å². The molecule has 0 radical (unpaired) electrons. The Morgan fingerprint density at radius 2 is 2.33 bits per heavy atom. The van der Waals surface area contributed by atoms with Gasteiger partial charge in [-0.2, -0.15) is 0 Å². The van der Waals surface area contributed by atoms with Crippen molar-refractivity contribution in [2.75, 3.05) is 13.1 Å². The van der Waals surface area contributed by atoms with E-state index in [1.165, 1.54) is 0 Å². The van der Waals surface area contributed by atoms with Crippen LogP contribution in [0.3, 0.4) is 0 Å². The number of aliphatic hydroxyl groups is 1. The van der Waals surface area contributed by atoms with Crippen LogP contribution in [-0.4, -0.2) is 41.3 Å². The second kappa shape index (κ2) is 4.23. The van der Waals surface area contributed by atoms with Gasteiger partial charge >= 0.3 is 6.03 Å². The molecule has 1 saturated heterocycles. The molecule has 2 fully saturated rings. The summed E-state index contributed by atoms with van der Waals surface area (Å²) in [5.74, 6) is 0. The quantitative estimate of drug-likeness (QED) is 0.631. The zero-order valence-corrected chi connectivity index (χ0v) is 8.91. The summed E-state index contributed by atoms with van der Waals surface area (Å²) in [6.07, 6.45) is 3.49. The van der Waals surface area contributed by atoms with Crippen LogP contribution in [0.4, 0.5) is 4.79 Å². The lowest BCUT2D eigenvalue weighted by molar-refractivity contribution is 0.171. The number of β-amino-alcohol motifs (C(OH)–C–C–N with tert-alkyl or cyclic N) is 1. The lowest BCUT2D eigenvalue weighted by Crippen LogP contribution is -2.43. The summed E-state index contributed by atoms with van der Waals surface area (Å²) >= 11 is 0. The molecule has 1 aliphatic heterocycles. The van der Waals surface area contributed by atoms with Crippen molar-refractivity contribution in [3.63, 3.8) is 0 Å². The number of nitrogens with zero attached hydrogens (tertiary/aromatic N) is 1. The normalized spacial score (nSPS) is 31.0. The summed E-state index contributed by atoms with van der Waals surface area (Å²) in [6, 6.07) is 0.0924. The molecule has 2 rings (SSSR count). The van der Waals surface area contributed by atoms with Crippen LogP contribution >= 0.6 is 0 Å². The number of hydrogen-bond acceptors (Lipinski definition) is 2. The average Bonchev–Trinajstić information content (AvgIpc) is 2.77. The molecule has 1 heterocycles. The average molecular weight is 210 g/mol. The molecule has 2 N–H and O–H groups in total. The molecule has 0 aromatic rings. The van der Waals surface area contributed by atoms with Gasteiger partial charge in [0.15, 0.2) is 0 Å². The van der Waals surface area contributed by atoms with E-state index in [1.807, 2.05) is 0 Å². The Bertz CT molecular complexity index is 278. The highest BCUT2D eigenvalue weighted by atomic mass is 16.3. The maximum Gasteiger partial charge on any atom is 0.317 e. The minimum Gasteiger partial charge on any atom is -0.391 e. The minimum atomic E-state index is -0.345. The number of nitrogens with one attached hydrogen (secondary N) is 1. The van der Waals surface area contributed by atoms with E-state index in [9.17, 15) is 9.90 Å². The van der Waals surface area contributed by atoms with Crippen molar-refractivity contribution in [1.29, 1.82) is 0 Å². The molecule has 0 aromatic heterocycles. The Kier molecular flexibility index (Phi) is 2.95. The zero-order chi connectivity index (χ0) is 10.8. The van der Waals surface area contributed by atoms with Crippen LogP contribution in [0.2, 0.25) is 0 Å². The monoisotopic (exact) mass is 210 g/mol. The number of hydrogen-bond donors (Lipinski definition) is 2. The number of carbonyl (C=O) groups excluding carboxylic acids is 1. The van der Waals surface area contributed by atoms with Gasteiger partial charge in [-0.15, -0.1) is 0 Å². The van der Waals surface area contributed by atoms with Crippen molar-refractivity contribution < 1.29 is 9.90 Å². The van der Waals surface area contributed by atoms with Gasteiger partial charge in [0.2, 0.25) is 0 Å². The van der Waals surface area contributed by atoms with E-state index in [0.29, 0.717) is 19.5 Å². The van der Waals surface area contributed by atoms with Crippen molar-refractivity contribution in [1.82, 2.24) is 10.2 Å². The number of aliphatic hydroxyl groups excluding tert-OH is 1. The summed E-state index contributed by atoms with van der Waals surface area (Å²) in [5.41, 5.74) is 1.13. The number of urea groups is 1. The molecule has 4 nitrogen and oxygen atoms in total. The molecule has 0 bridgehead atoms. The molecule has 2 aliphatic rings. The van der Waals surface area contributed by atoms with Crippen molar-refractivity contribution in [3.05, 3.63) is 12.2 Å². The molecule has 4 heteroatoms. The highest BCUT2D eigenvalue weighted by Crippen LogP contribution is 2.23. The Morgan fingerprint density at radius 1 is 1.53 bits per heavy atom. The third-order valence-electron chi connectivity index (χ3n) is 3.23. The van der Waals surface area contributed by atoms with Crippen molar-refractivity contribution in [2.45, 2.75) is 37.8 Å². The summed E-state index contributed by atoms with van der Waals surface area (Å²) in [5, 5.41) is 12.3. The maximum atomic E-state index is 11.8. The predicted octanol–water partition coefficient (Wildman–Crippen LogP) is 0.871. The van der Waals surface area contributed by atoms with E-state index in [-0.39, 0.29) is 18.2 Å². The number of amides is 2. The van der Waals surface area contributed by atoms with Gasteiger partial charge in [-0.1, -0.05) is 12.2 Å². The third-order valence-corrected chi connectivity index (χ3v) is 3.23. The molecule has 0 unspecified atom stereocenters. The SMILES string of the molecule is C=C1CCC[C@@H]1NC(=O)N1CC[C@H](O)C1. The predicted molar refractivity (Wildman–Crippen MR) is 57.5 cm³/mol. The Balaban J connectivity index is 1.84. The number of rotatable bonds is 1. The Labute approximate surface area is 90.0 Å². The second-order valence-electron chi connectivity index (χ2n) is 4.44. The zero-order valence-electron chi connectivity index (χ0n) is 8.91. The van der Waals surface area contributed by atoms with Crippen molar-refractivity contribution >= 4 is 6.03 Å². The summed E-state index contributed by atoms with van der Waals surface area (Å²) in [7, 11) is 0. The van der Waals surface area contributed by atoms with E-state index in [4.69, 9.17) is 0 Å². The van der Waals surface area contributed by atoms with Crippen LogP contribution in [0.1, 0.15) is 25.7 Å². The van der Waals surface area contributed by atoms with E-state index in [0.717, 1.165) is 24.8 Å². The van der Waals surface area contributed by atoms with Gasteiger partial charge in [0.05, 0.1) is 12.1 Å². The van der Waals surface area contributed by atoms with Crippen molar-refractivity contribution in [2.24, 2.45) is 0 Å². The van der Waals surface area contributed by atoms with Gasteiger partial charge in [0.25, 0.3) is 0 Å². The fraction of sp³-hybridized carbons (Fsp3) is 0.727. The van der Waals surface area contributed by atoms with Crippen LogP contribution in [0, 0.1) is 0 Å². The Hall–Kier alpha value is -1.03. The molecule has 84 valence electrons. The first kappa shape index (κ1) is 10.5. The fourth-order valence-corrected chi connectivity index (χ4v) is 2.25. The number of carbonyl (C=O) groups is 1. The summed E-state index contributed by atoms with van der Waals surface area (Å²) in [6.45, 7) is 5.07. The highest BCUT2D eigenvalue weighted by molar-refractivity contribution is 5.75. The smallest absolute Gasteiger partial charge is 0.317 e. The van der Waals surface area contributed by atoms with E-state index in [2.05, 4.69) is 11.9 Å². The molecule has 15 heavy (non-hydrogen) atoms. The molecule has 2 atom stereocenters.